The molecule has 0 saturated heterocycles. The third-order valence-electron chi connectivity index (χ3n) is 16.7. The van der Waals surface area contributed by atoms with Gasteiger partial charge in [0.05, 0.1) is 99.3 Å². The number of hydrogen-bond acceptors (Lipinski definition) is 15. The van der Waals surface area contributed by atoms with Gasteiger partial charge in [0.1, 0.15) is 0 Å². The first-order valence-corrected chi connectivity index (χ1v) is 30.5. The number of fused-ring (bicyclic) bond motifs is 26. The van der Waals surface area contributed by atoms with E-state index in [1.54, 1.807) is 68.2 Å². The summed E-state index contributed by atoms with van der Waals surface area (Å²) in [6, 6.07) is 70.8. The smallest absolute Gasteiger partial charge is 0.0996 e. The number of nitrogens with zero attached hydrogens (tertiary/aromatic N) is 15. The zero-order chi connectivity index (χ0) is 62.3. The van der Waals surface area contributed by atoms with Gasteiger partial charge in [0, 0.05) is 189 Å². The Labute approximate surface area is 571 Å². The maximum absolute atomic E-state index is 5.14. The van der Waals surface area contributed by atoms with Gasteiger partial charge in [0.15, 0.2) is 0 Å². The number of hydrogen-bond donors (Lipinski definition) is 0. The Morgan fingerprint density at radius 1 is 0.146 bits per heavy atom. The van der Waals surface area contributed by atoms with Gasteiger partial charge in [-0.3, -0.25) is 59.8 Å². The van der Waals surface area contributed by atoms with Crippen molar-refractivity contribution in [1.29, 1.82) is 0 Å². The van der Waals surface area contributed by atoms with Gasteiger partial charge in [-0.25, -0.2) is 15.0 Å². The Bertz CT molecular complexity index is 5560. The minimum absolute atomic E-state index is 0. The van der Waals surface area contributed by atoms with E-state index >= 15 is 0 Å². The Hall–Kier alpha value is -12.0. The predicted molar refractivity (Wildman–Crippen MR) is 379 cm³/mol. The van der Waals surface area contributed by atoms with Crippen LogP contribution in [0.2, 0.25) is 0 Å². The molecule has 0 radical (unpaired) electrons. The van der Waals surface area contributed by atoms with Gasteiger partial charge < -0.3 is 0 Å². The number of pyridine rings is 13. The largest absolute Gasteiger partial charge is 0.254 e. The third-order valence-corrected chi connectivity index (χ3v) is 16.7. The molecule has 21 aromatic rings. The number of benzene rings is 7. The van der Waals surface area contributed by atoms with Gasteiger partial charge >= 0.3 is 0 Å². The molecular weight excluding hydrogens is 1360 g/mol. The molecular formula is C79H47N15Ru2. The van der Waals surface area contributed by atoms with Gasteiger partial charge in [0.25, 0.3) is 0 Å². The first kappa shape index (κ1) is 60.2. The van der Waals surface area contributed by atoms with E-state index in [9.17, 15) is 0 Å². The number of aromatic nitrogens is 15. The maximum Gasteiger partial charge on any atom is 0.0996 e. The van der Waals surface area contributed by atoms with E-state index in [2.05, 4.69) is 181 Å². The summed E-state index contributed by atoms with van der Waals surface area (Å²) in [5.41, 5.74) is 16.2. The molecule has 0 atom stereocenters. The van der Waals surface area contributed by atoms with Crippen LogP contribution in [0, 0.1) is 0 Å². The summed E-state index contributed by atoms with van der Waals surface area (Å²) in [6.07, 6.45) is 21.6. The molecule has 0 N–H and O–H groups in total. The zero-order valence-corrected chi connectivity index (χ0v) is 54.0. The van der Waals surface area contributed by atoms with Crippen LogP contribution in [0.1, 0.15) is 0 Å². The second-order valence-corrected chi connectivity index (χ2v) is 22.3. The number of rotatable bonds is 0. The van der Waals surface area contributed by atoms with Gasteiger partial charge in [0.2, 0.25) is 0 Å². The molecule has 21 rings (SSSR count). The molecule has 7 aromatic carbocycles. The van der Waals surface area contributed by atoms with Gasteiger partial charge in [-0.15, -0.1) is 0 Å². The van der Waals surface area contributed by atoms with Crippen molar-refractivity contribution < 1.29 is 39.0 Å². The van der Waals surface area contributed by atoms with Crippen LogP contribution in [-0.2, 0) is 39.0 Å². The summed E-state index contributed by atoms with van der Waals surface area (Å²) < 4.78 is 0. The minimum atomic E-state index is 0. The monoisotopic (exact) mass is 1410 g/mol. The molecule has 0 aliphatic carbocycles. The summed E-state index contributed by atoms with van der Waals surface area (Å²) >= 11 is 0. The van der Waals surface area contributed by atoms with Crippen LogP contribution >= 0.6 is 0 Å². The van der Waals surface area contributed by atoms with E-state index in [4.69, 9.17) is 15.0 Å². The van der Waals surface area contributed by atoms with E-state index in [1.807, 2.05) is 97.2 Å². The molecule has 0 spiro atoms. The van der Waals surface area contributed by atoms with Crippen molar-refractivity contribution in [3.05, 3.63) is 287 Å². The Kier molecular flexibility index (Phi) is 16.4. The van der Waals surface area contributed by atoms with E-state index in [-0.39, 0.29) is 39.0 Å². The standard InChI is InChI=1S/C31H15N7.4C12H8N2.2Ru/c1-5-17-21-13-16-14-23-24(15-22(16)36-25(21)18-6-2-10-33-27(18)26(17)32-9-1)38-31-20-8-4-12-35-29(20)28-19(30(31)37-23)7-3-11-34-28;4*1-3-9-5-6-10-4-2-8-14-12(10)11(9)13-7-1;;/h1-15H;4*1-8H;;. The van der Waals surface area contributed by atoms with Crippen molar-refractivity contribution in [2.75, 3.05) is 0 Å². The summed E-state index contributed by atoms with van der Waals surface area (Å²) in [6.45, 7) is 0. The Morgan fingerprint density at radius 3 is 0.656 bits per heavy atom. The van der Waals surface area contributed by atoms with Crippen molar-refractivity contribution in [3.63, 3.8) is 0 Å². The molecule has 0 unspecified atom stereocenters. The first-order chi connectivity index (χ1) is 46.6. The molecule has 14 aromatic heterocycles. The van der Waals surface area contributed by atoms with E-state index < -0.39 is 0 Å². The molecule has 0 fully saturated rings. The topological polar surface area (TPSA) is 193 Å². The molecule has 15 nitrogen and oxygen atoms in total. The summed E-state index contributed by atoms with van der Waals surface area (Å²) in [5, 5.41) is 15.0. The molecule has 96 heavy (non-hydrogen) atoms. The maximum atomic E-state index is 5.14. The van der Waals surface area contributed by atoms with Crippen molar-refractivity contribution in [2.24, 2.45) is 0 Å². The fourth-order valence-corrected chi connectivity index (χ4v) is 12.4. The molecule has 0 bridgehead atoms. The second-order valence-electron chi connectivity index (χ2n) is 22.3. The zero-order valence-electron chi connectivity index (χ0n) is 50.6. The molecule has 0 amide bonds. The second kappa shape index (κ2) is 26.2. The average Bonchev–Trinajstić information content (AvgIpc) is 0.730. The Balaban J connectivity index is 0.000000108. The molecule has 14 heterocycles. The summed E-state index contributed by atoms with van der Waals surface area (Å²) in [5.74, 6) is 0. The molecule has 0 saturated carbocycles. The fourth-order valence-electron chi connectivity index (χ4n) is 12.4. The van der Waals surface area contributed by atoms with Crippen molar-refractivity contribution in [2.45, 2.75) is 0 Å². The van der Waals surface area contributed by atoms with Crippen molar-refractivity contribution in [3.8, 4) is 0 Å². The summed E-state index contributed by atoms with van der Waals surface area (Å²) in [4.78, 5) is 68.7. The SMILES string of the molecule is [Ru].[Ru].c1cnc2c(c1)c1cc3cc4nc5c6cccnc6c6ncccc6c5nc4cc3nc1c1cccnc12.c1cnc2c(c1)ccc1cccnc12.c1cnc2c(c1)ccc1cccnc12.c1cnc2c(c1)ccc1cccnc12.c1cnc2c(c1)ccc1cccnc12. The van der Waals surface area contributed by atoms with E-state index in [1.165, 1.54) is 0 Å². The van der Waals surface area contributed by atoms with Crippen molar-refractivity contribution in [1.82, 2.24) is 74.8 Å². The summed E-state index contributed by atoms with van der Waals surface area (Å²) in [7, 11) is 0. The van der Waals surface area contributed by atoms with Crippen LogP contribution in [-0.4, -0.2) is 74.8 Å². The molecule has 17 heteroatoms. The van der Waals surface area contributed by atoms with E-state index in [0.29, 0.717) is 0 Å². The van der Waals surface area contributed by atoms with Crippen LogP contribution < -0.4 is 0 Å². The van der Waals surface area contributed by atoms with Gasteiger partial charge in [-0.05, 0) is 109 Å². The normalized spacial score (nSPS) is 11.2. The van der Waals surface area contributed by atoms with Gasteiger partial charge in [-0.1, -0.05) is 103 Å². The van der Waals surface area contributed by atoms with Crippen LogP contribution in [0.25, 0.3) is 175 Å². The Morgan fingerprint density at radius 2 is 0.365 bits per heavy atom. The van der Waals surface area contributed by atoms with Crippen LogP contribution in [0.3, 0.4) is 0 Å². The van der Waals surface area contributed by atoms with Crippen LogP contribution in [0.5, 0.6) is 0 Å². The third kappa shape index (κ3) is 11.1. The van der Waals surface area contributed by atoms with Crippen molar-refractivity contribution >= 4 is 175 Å². The molecule has 454 valence electrons. The van der Waals surface area contributed by atoms with Crippen LogP contribution in [0.15, 0.2) is 287 Å². The first-order valence-electron chi connectivity index (χ1n) is 30.5. The van der Waals surface area contributed by atoms with E-state index in [0.717, 1.165) is 175 Å². The average molecular weight is 1410 g/mol. The van der Waals surface area contributed by atoms with Gasteiger partial charge in [-0.2, -0.15) is 0 Å². The quantitative estimate of drug-likeness (QED) is 0.0790. The molecule has 0 aliphatic rings. The fraction of sp³-hybridized carbons (Fsp3) is 0. The predicted octanol–water partition coefficient (Wildman–Crippen LogP) is 17.8. The molecule has 0 aliphatic heterocycles. The minimum Gasteiger partial charge on any atom is -0.254 e. The van der Waals surface area contributed by atoms with Crippen LogP contribution in [0.4, 0.5) is 0 Å².